The van der Waals surface area contributed by atoms with Gasteiger partial charge in [0.05, 0.1) is 16.0 Å². The SMILES string of the molecule is CC(c1ccc(C(=O)NC(CCS(=O)(=O)O)C(=O)O)s1)c1c[nH]c2nc(N)[nH]c(=O)c12. The van der Waals surface area contributed by atoms with Crippen LogP contribution in [0.25, 0.3) is 11.0 Å². The van der Waals surface area contributed by atoms with Gasteiger partial charge in [-0.15, -0.1) is 11.3 Å². The molecule has 3 aromatic heterocycles. The summed E-state index contributed by atoms with van der Waals surface area (Å²) in [6, 6.07) is 1.69. The monoisotopic (exact) mass is 469 g/mol. The Hall–Kier alpha value is -3.23. The minimum Gasteiger partial charge on any atom is -0.480 e. The Morgan fingerprint density at radius 3 is 2.71 bits per heavy atom. The van der Waals surface area contributed by atoms with Crippen LogP contribution < -0.4 is 16.6 Å². The van der Waals surface area contributed by atoms with Crippen molar-refractivity contribution < 1.29 is 27.7 Å². The van der Waals surface area contributed by atoms with Crippen LogP contribution in [-0.4, -0.2) is 56.7 Å². The van der Waals surface area contributed by atoms with Gasteiger partial charge in [0, 0.05) is 17.0 Å². The van der Waals surface area contributed by atoms with E-state index in [-0.39, 0.29) is 16.7 Å². The number of anilines is 1. The van der Waals surface area contributed by atoms with Gasteiger partial charge in [-0.25, -0.2) is 4.79 Å². The third-order valence-corrected chi connectivity index (χ3v) is 6.62. The van der Waals surface area contributed by atoms with Crippen molar-refractivity contribution in [1.29, 1.82) is 0 Å². The number of hydrogen-bond donors (Lipinski definition) is 6. The molecule has 0 aromatic carbocycles. The summed E-state index contributed by atoms with van der Waals surface area (Å²) in [6.45, 7) is 1.83. The Kier molecular flexibility index (Phi) is 6.15. The van der Waals surface area contributed by atoms with E-state index >= 15 is 0 Å². The maximum absolute atomic E-state index is 12.4. The van der Waals surface area contributed by atoms with Gasteiger partial charge in [-0.3, -0.25) is 19.1 Å². The summed E-state index contributed by atoms with van der Waals surface area (Å²) in [4.78, 5) is 46.3. The van der Waals surface area contributed by atoms with Crippen LogP contribution in [0, 0.1) is 0 Å². The van der Waals surface area contributed by atoms with Crippen molar-refractivity contribution in [3.8, 4) is 0 Å². The first-order valence-electron chi connectivity index (χ1n) is 8.91. The molecule has 0 saturated carbocycles. The molecule has 1 amide bonds. The topological polar surface area (TPSA) is 208 Å². The number of hydrogen-bond acceptors (Lipinski definition) is 8. The molecule has 14 heteroatoms. The van der Waals surface area contributed by atoms with Crippen LogP contribution in [0.5, 0.6) is 0 Å². The van der Waals surface area contributed by atoms with Gasteiger partial charge in [-0.1, -0.05) is 6.92 Å². The van der Waals surface area contributed by atoms with Gasteiger partial charge >= 0.3 is 5.97 Å². The van der Waals surface area contributed by atoms with Gasteiger partial charge < -0.3 is 21.1 Å². The lowest BCUT2D eigenvalue weighted by atomic mass is 10.0. The first kappa shape index (κ1) is 22.5. The number of carboxylic acid groups (broad SMARTS) is 1. The number of H-pyrrole nitrogens is 2. The summed E-state index contributed by atoms with van der Waals surface area (Å²) in [7, 11) is -4.37. The zero-order valence-corrected chi connectivity index (χ0v) is 17.7. The molecule has 166 valence electrons. The number of nitrogens with two attached hydrogens (primary N) is 1. The molecule has 7 N–H and O–H groups in total. The number of amides is 1. The van der Waals surface area contributed by atoms with E-state index < -0.39 is 45.8 Å². The van der Waals surface area contributed by atoms with Crippen LogP contribution in [-0.2, 0) is 14.9 Å². The summed E-state index contributed by atoms with van der Waals surface area (Å²) in [6.07, 6.45) is 1.15. The van der Waals surface area contributed by atoms with Gasteiger partial charge in [0.15, 0.2) is 0 Å². The van der Waals surface area contributed by atoms with Crippen LogP contribution >= 0.6 is 11.3 Å². The van der Waals surface area contributed by atoms with E-state index in [0.29, 0.717) is 16.6 Å². The minimum absolute atomic E-state index is 0.0179. The number of thiophene rings is 1. The number of nitrogen functional groups attached to an aromatic ring is 1. The third kappa shape index (κ3) is 5.10. The highest BCUT2D eigenvalue weighted by atomic mass is 32.2. The molecule has 31 heavy (non-hydrogen) atoms. The van der Waals surface area contributed by atoms with E-state index in [2.05, 4.69) is 20.3 Å². The molecule has 0 saturated heterocycles. The van der Waals surface area contributed by atoms with Crippen molar-refractivity contribution in [2.24, 2.45) is 0 Å². The van der Waals surface area contributed by atoms with Gasteiger partial charge in [0.25, 0.3) is 21.6 Å². The zero-order chi connectivity index (χ0) is 22.9. The van der Waals surface area contributed by atoms with Gasteiger partial charge in [-0.2, -0.15) is 13.4 Å². The number of fused-ring (bicyclic) bond motifs is 1. The molecule has 0 bridgehead atoms. The fraction of sp³-hybridized carbons (Fsp3) is 0.294. The van der Waals surface area contributed by atoms with E-state index in [1.54, 1.807) is 12.3 Å². The van der Waals surface area contributed by atoms with Crippen molar-refractivity contribution in [3.63, 3.8) is 0 Å². The van der Waals surface area contributed by atoms with Crippen LogP contribution in [0.1, 0.15) is 39.4 Å². The lowest BCUT2D eigenvalue weighted by Gasteiger charge is -2.13. The van der Waals surface area contributed by atoms with Crippen molar-refractivity contribution >= 4 is 50.3 Å². The maximum Gasteiger partial charge on any atom is 0.326 e. The van der Waals surface area contributed by atoms with E-state index in [0.717, 1.165) is 16.2 Å². The number of nitrogens with one attached hydrogen (secondary N) is 3. The van der Waals surface area contributed by atoms with Crippen LogP contribution in [0.3, 0.4) is 0 Å². The minimum atomic E-state index is -4.37. The van der Waals surface area contributed by atoms with Crippen LogP contribution in [0.15, 0.2) is 23.1 Å². The van der Waals surface area contributed by atoms with Gasteiger partial charge in [-0.05, 0) is 24.1 Å². The lowest BCUT2D eigenvalue weighted by molar-refractivity contribution is -0.139. The molecule has 3 rings (SSSR count). The molecule has 2 atom stereocenters. The van der Waals surface area contributed by atoms with E-state index in [4.69, 9.17) is 10.3 Å². The standard InChI is InChI=1S/C17H19N5O7S2/c1-7(8-6-19-13-12(8)15(24)22-17(18)21-13)10-2-3-11(30-10)14(23)20-9(16(25)26)4-5-31(27,28)29/h2-3,6-7,9H,4-5H2,1H3,(H,20,23)(H,25,26)(H,27,28,29)(H4,18,19,21,22,24). The summed E-state index contributed by atoms with van der Waals surface area (Å²) in [5, 5.41) is 11.8. The average molecular weight is 470 g/mol. The summed E-state index contributed by atoms with van der Waals surface area (Å²) >= 11 is 1.10. The predicted octanol–water partition coefficient (Wildman–Crippen LogP) is 0.508. The summed E-state index contributed by atoms with van der Waals surface area (Å²) in [5.41, 5.74) is 6.13. The molecule has 0 aliphatic carbocycles. The van der Waals surface area contributed by atoms with Crippen molar-refractivity contribution in [3.05, 3.63) is 44.0 Å². The number of rotatable bonds is 8. The largest absolute Gasteiger partial charge is 0.480 e. The quantitative estimate of drug-likeness (QED) is 0.253. The number of aliphatic carboxylic acids is 1. The number of aromatic amines is 2. The Balaban J connectivity index is 1.80. The second-order valence-corrected chi connectivity index (χ2v) is 9.47. The molecule has 3 heterocycles. The molecular formula is C17H19N5O7S2. The highest BCUT2D eigenvalue weighted by molar-refractivity contribution is 7.85. The van der Waals surface area contributed by atoms with Crippen molar-refractivity contribution in [1.82, 2.24) is 20.3 Å². The van der Waals surface area contributed by atoms with Crippen LogP contribution in [0.4, 0.5) is 5.95 Å². The third-order valence-electron chi connectivity index (χ3n) is 4.60. The average Bonchev–Trinajstić information content (AvgIpc) is 3.30. The fourth-order valence-electron chi connectivity index (χ4n) is 3.04. The zero-order valence-electron chi connectivity index (χ0n) is 16.1. The number of carbonyl (C=O) groups excluding carboxylic acids is 1. The number of carboxylic acids is 1. The van der Waals surface area contributed by atoms with E-state index in [1.807, 2.05) is 6.92 Å². The Bertz CT molecular complexity index is 1310. The van der Waals surface area contributed by atoms with Crippen LogP contribution in [0.2, 0.25) is 0 Å². The second-order valence-electron chi connectivity index (χ2n) is 6.78. The first-order chi connectivity index (χ1) is 14.5. The molecule has 2 unspecified atom stereocenters. The number of carbonyl (C=O) groups is 2. The van der Waals surface area contributed by atoms with Gasteiger partial charge in [0.2, 0.25) is 5.95 Å². The number of nitrogens with zero attached hydrogens (tertiary/aromatic N) is 1. The normalized spacial score (nSPS) is 13.7. The molecule has 0 aliphatic rings. The van der Waals surface area contributed by atoms with E-state index in [1.165, 1.54) is 6.07 Å². The molecule has 0 spiro atoms. The Morgan fingerprint density at radius 2 is 2.06 bits per heavy atom. The van der Waals surface area contributed by atoms with Gasteiger partial charge in [0.1, 0.15) is 11.7 Å². The molecule has 0 radical (unpaired) electrons. The molecule has 3 aromatic rings. The van der Waals surface area contributed by atoms with Crippen molar-refractivity contribution in [2.75, 3.05) is 11.5 Å². The Labute approximate surface area is 179 Å². The molecular weight excluding hydrogens is 450 g/mol. The highest BCUT2D eigenvalue weighted by Crippen LogP contribution is 2.32. The number of aromatic nitrogens is 3. The molecule has 0 aliphatic heterocycles. The predicted molar refractivity (Wildman–Crippen MR) is 113 cm³/mol. The fourth-order valence-corrected chi connectivity index (χ4v) is 4.55. The molecule has 0 fully saturated rings. The summed E-state index contributed by atoms with van der Waals surface area (Å²) in [5.74, 6) is -3.23. The van der Waals surface area contributed by atoms with E-state index in [9.17, 15) is 27.9 Å². The second kappa shape index (κ2) is 8.49. The van der Waals surface area contributed by atoms with Crippen molar-refractivity contribution in [2.45, 2.75) is 25.3 Å². The Morgan fingerprint density at radius 1 is 1.35 bits per heavy atom. The molecule has 12 nitrogen and oxygen atoms in total. The first-order valence-corrected chi connectivity index (χ1v) is 11.3. The highest BCUT2D eigenvalue weighted by Gasteiger charge is 2.25. The smallest absolute Gasteiger partial charge is 0.326 e. The lowest BCUT2D eigenvalue weighted by Crippen LogP contribution is -2.41. The maximum atomic E-state index is 12.4. The summed E-state index contributed by atoms with van der Waals surface area (Å²) < 4.78 is 30.5.